The lowest BCUT2D eigenvalue weighted by molar-refractivity contribution is 0.174. The Balaban J connectivity index is 1.48. The molecule has 0 aliphatic carbocycles. The van der Waals surface area contributed by atoms with Crippen molar-refractivity contribution >= 4 is 15.7 Å². The largest absolute Gasteiger partial charge is 0.387 e. The summed E-state index contributed by atoms with van der Waals surface area (Å²) in [6.45, 7) is 3.06. The zero-order valence-electron chi connectivity index (χ0n) is 16.2. The number of aliphatic hydroxyl groups excluding tert-OH is 1. The molecule has 0 aliphatic heterocycles. The van der Waals surface area contributed by atoms with E-state index in [4.69, 9.17) is 0 Å². The summed E-state index contributed by atoms with van der Waals surface area (Å²) >= 11 is 0. The van der Waals surface area contributed by atoms with Crippen molar-refractivity contribution in [1.82, 2.24) is 10.3 Å². The SMILES string of the molecule is Cc1ccc(S(=O)(=O)Nc2ccc(CCNCC(O)c3cccnc3)cc2)cc1. The van der Waals surface area contributed by atoms with Crippen molar-refractivity contribution in [2.45, 2.75) is 24.3 Å². The summed E-state index contributed by atoms with van der Waals surface area (Å²) in [4.78, 5) is 4.24. The monoisotopic (exact) mass is 411 g/mol. The number of hydrogen-bond donors (Lipinski definition) is 3. The minimum Gasteiger partial charge on any atom is -0.387 e. The molecule has 2 aromatic carbocycles. The van der Waals surface area contributed by atoms with Gasteiger partial charge in [0.25, 0.3) is 10.0 Å². The molecular formula is C22H25N3O3S. The van der Waals surface area contributed by atoms with E-state index in [1.54, 1.807) is 54.9 Å². The van der Waals surface area contributed by atoms with Gasteiger partial charge in [-0.15, -0.1) is 0 Å². The van der Waals surface area contributed by atoms with E-state index in [0.717, 1.165) is 23.1 Å². The lowest BCUT2D eigenvalue weighted by atomic mass is 10.1. The average molecular weight is 412 g/mol. The number of sulfonamides is 1. The number of aliphatic hydroxyl groups is 1. The van der Waals surface area contributed by atoms with Crippen LogP contribution in [0.2, 0.25) is 0 Å². The van der Waals surface area contributed by atoms with E-state index in [-0.39, 0.29) is 4.90 Å². The van der Waals surface area contributed by atoms with Gasteiger partial charge in [-0.3, -0.25) is 9.71 Å². The van der Waals surface area contributed by atoms with Gasteiger partial charge >= 0.3 is 0 Å². The minimum absolute atomic E-state index is 0.239. The Morgan fingerprint density at radius 1 is 1.03 bits per heavy atom. The molecule has 1 unspecified atom stereocenters. The number of hydrogen-bond acceptors (Lipinski definition) is 5. The van der Waals surface area contributed by atoms with E-state index in [0.29, 0.717) is 18.8 Å². The number of anilines is 1. The molecule has 1 atom stereocenters. The van der Waals surface area contributed by atoms with Gasteiger partial charge in [0.2, 0.25) is 0 Å². The number of pyridine rings is 1. The van der Waals surface area contributed by atoms with Crippen molar-refractivity contribution in [3.8, 4) is 0 Å². The molecule has 0 radical (unpaired) electrons. The standard InChI is InChI=1S/C22H25N3O3S/c1-17-4-10-21(11-5-17)29(27,28)25-20-8-6-18(7-9-20)12-14-24-16-22(26)19-3-2-13-23-15-19/h2-11,13,15,22,24-26H,12,14,16H2,1H3. The van der Waals surface area contributed by atoms with Gasteiger partial charge in [0.1, 0.15) is 0 Å². The van der Waals surface area contributed by atoms with Crippen LogP contribution < -0.4 is 10.0 Å². The Bertz CT molecular complexity index is 1010. The predicted octanol–water partition coefficient (Wildman–Crippen LogP) is 3.06. The van der Waals surface area contributed by atoms with E-state index in [2.05, 4.69) is 15.0 Å². The fourth-order valence-corrected chi connectivity index (χ4v) is 3.89. The molecule has 0 saturated heterocycles. The molecule has 3 aromatic rings. The van der Waals surface area contributed by atoms with Crippen LogP contribution in [-0.2, 0) is 16.4 Å². The Hall–Kier alpha value is -2.74. The lowest BCUT2D eigenvalue weighted by Gasteiger charge is -2.12. The van der Waals surface area contributed by atoms with Crippen LogP contribution in [0.25, 0.3) is 0 Å². The number of nitrogens with zero attached hydrogens (tertiary/aromatic N) is 1. The van der Waals surface area contributed by atoms with Crippen LogP contribution in [0.4, 0.5) is 5.69 Å². The zero-order chi connectivity index (χ0) is 20.7. The van der Waals surface area contributed by atoms with Crippen LogP contribution in [0.3, 0.4) is 0 Å². The maximum absolute atomic E-state index is 12.4. The Kier molecular flexibility index (Phi) is 6.98. The third kappa shape index (κ3) is 6.12. The van der Waals surface area contributed by atoms with E-state index >= 15 is 0 Å². The summed E-state index contributed by atoms with van der Waals surface area (Å²) in [6, 6.07) is 17.7. The molecule has 3 N–H and O–H groups in total. The molecule has 0 spiro atoms. The first kappa shape index (κ1) is 21.0. The molecule has 0 bridgehead atoms. The molecule has 0 amide bonds. The first-order valence-corrected chi connectivity index (χ1v) is 10.9. The van der Waals surface area contributed by atoms with E-state index in [1.165, 1.54) is 0 Å². The third-order valence-corrected chi connectivity index (χ3v) is 5.93. The smallest absolute Gasteiger partial charge is 0.261 e. The molecule has 0 saturated carbocycles. The van der Waals surface area contributed by atoms with Crippen molar-refractivity contribution in [2.24, 2.45) is 0 Å². The van der Waals surface area contributed by atoms with Gasteiger partial charge in [0, 0.05) is 30.2 Å². The first-order valence-electron chi connectivity index (χ1n) is 9.41. The number of benzene rings is 2. The van der Waals surface area contributed by atoms with Gasteiger partial charge in [-0.1, -0.05) is 35.9 Å². The van der Waals surface area contributed by atoms with Crippen LogP contribution in [0.5, 0.6) is 0 Å². The van der Waals surface area contributed by atoms with Crippen LogP contribution >= 0.6 is 0 Å². The number of aryl methyl sites for hydroxylation is 1. The highest BCUT2D eigenvalue weighted by molar-refractivity contribution is 7.92. The van der Waals surface area contributed by atoms with Crippen molar-refractivity contribution in [2.75, 3.05) is 17.8 Å². The Morgan fingerprint density at radius 2 is 1.76 bits per heavy atom. The normalized spacial score (nSPS) is 12.5. The fraction of sp³-hybridized carbons (Fsp3) is 0.227. The molecule has 0 aliphatic rings. The molecule has 7 heteroatoms. The van der Waals surface area contributed by atoms with Crippen LogP contribution in [0.15, 0.2) is 78.0 Å². The second-order valence-electron chi connectivity index (χ2n) is 6.87. The van der Waals surface area contributed by atoms with Crippen molar-refractivity contribution in [1.29, 1.82) is 0 Å². The van der Waals surface area contributed by atoms with Gasteiger partial charge in [0.05, 0.1) is 11.0 Å². The molecular weight excluding hydrogens is 386 g/mol. The lowest BCUT2D eigenvalue weighted by Crippen LogP contribution is -2.23. The third-order valence-electron chi connectivity index (χ3n) is 4.53. The average Bonchev–Trinajstić information content (AvgIpc) is 2.73. The van der Waals surface area contributed by atoms with E-state index < -0.39 is 16.1 Å². The number of rotatable bonds is 9. The molecule has 1 heterocycles. The fourth-order valence-electron chi connectivity index (χ4n) is 2.83. The number of aromatic nitrogens is 1. The molecule has 3 rings (SSSR count). The summed E-state index contributed by atoms with van der Waals surface area (Å²) in [5, 5.41) is 13.3. The highest BCUT2D eigenvalue weighted by Gasteiger charge is 2.13. The van der Waals surface area contributed by atoms with Crippen molar-refractivity contribution < 1.29 is 13.5 Å². The summed E-state index contributed by atoms with van der Waals surface area (Å²) in [5.41, 5.74) is 3.39. The minimum atomic E-state index is -3.59. The predicted molar refractivity (Wildman–Crippen MR) is 114 cm³/mol. The summed E-state index contributed by atoms with van der Waals surface area (Å²) < 4.78 is 27.5. The topological polar surface area (TPSA) is 91.3 Å². The quantitative estimate of drug-likeness (QED) is 0.471. The molecule has 1 aromatic heterocycles. The van der Waals surface area contributed by atoms with Crippen LogP contribution in [0, 0.1) is 6.92 Å². The van der Waals surface area contributed by atoms with E-state index in [9.17, 15) is 13.5 Å². The molecule has 29 heavy (non-hydrogen) atoms. The molecule has 6 nitrogen and oxygen atoms in total. The maximum Gasteiger partial charge on any atom is 0.261 e. The molecule has 0 fully saturated rings. The van der Waals surface area contributed by atoms with Gasteiger partial charge in [-0.2, -0.15) is 0 Å². The summed E-state index contributed by atoms with van der Waals surface area (Å²) in [7, 11) is -3.59. The van der Waals surface area contributed by atoms with Gasteiger partial charge in [-0.25, -0.2) is 8.42 Å². The van der Waals surface area contributed by atoms with Crippen LogP contribution in [0.1, 0.15) is 22.8 Å². The Morgan fingerprint density at radius 3 is 2.41 bits per heavy atom. The van der Waals surface area contributed by atoms with Crippen LogP contribution in [-0.4, -0.2) is 31.6 Å². The van der Waals surface area contributed by atoms with Gasteiger partial charge in [0.15, 0.2) is 0 Å². The Labute approximate surface area is 171 Å². The van der Waals surface area contributed by atoms with Gasteiger partial charge < -0.3 is 10.4 Å². The van der Waals surface area contributed by atoms with E-state index in [1.807, 2.05) is 25.1 Å². The highest BCUT2D eigenvalue weighted by Crippen LogP contribution is 2.17. The second-order valence-corrected chi connectivity index (χ2v) is 8.55. The van der Waals surface area contributed by atoms with Crippen molar-refractivity contribution in [3.63, 3.8) is 0 Å². The zero-order valence-corrected chi connectivity index (χ0v) is 17.1. The number of nitrogens with one attached hydrogen (secondary N) is 2. The maximum atomic E-state index is 12.4. The first-order chi connectivity index (χ1) is 13.9. The summed E-state index contributed by atoms with van der Waals surface area (Å²) in [5.74, 6) is 0. The molecule has 152 valence electrons. The highest BCUT2D eigenvalue weighted by atomic mass is 32.2. The second kappa shape index (κ2) is 9.65. The summed E-state index contributed by atoms with van der Waals surface area (Å²) in [6.07, 6.45) is 3.50. The van der Waals surface area contributed by atoms with Crippen molar-refractivity contribution in [3.05, 3.63) is 89.7 Å². The van der Waals surface area contributed by atoms with Gasteiger partial charge in [-0.05, 0) is 55.8 Å².